The highest BCUT2D eigenvalue weighted by Crippen LogP contribution is 2.24. The van der Waals surface area contributed by atoms with E-state index in [2.05, 4.69) is 39.1 Å². The second-order valence-corrected chi connectivity index (χ2v) is 5.66. The maximum atomic E-state index is 5.76. The third-order valence-corrected chi connectivity index (χ3v) is 3.62. The summed E-state index contributed by atoms with van der Waals surface area (Å²) in [6.45, 7) is 2.10. The molecule has 0 aliphatic rings. The maximum Gasteiger partial charge on any atom is 0.223 e. The number of rotatable bonds is 5. The first kappa shape index (κ1) is 14.3. The van der Waals surface area contributed by atoms with Gasteiger partial charge in [0.1, 0.15) is 16.2 Å². The molecule has 1 aromatic heterocycles. The summed E-state index contributed by atoms with van der Waals surface area (Å²) in [7, 11) is 0. The molecule has 0 saturated carbocycles. The van der Waals surface area contributed by atoms with Gasteiger partial charge in [0.05, 0.1) is 0 Å². The number of nitrogens with zero attached hydrogens (tertiary/aromatic N) is 2. The van der Waals surface area contributed by atoms with Crippen LogP contribution in [0.1, 0.15) is 19.2 Å². The Hall–Kier alpha value is -1.07. The Labute approximate surface area is 125 Å². The van der Waals surface area contributed by atoms with E-state index in [4.69, 9.17) is 4.74 Å². The van der Waals surface area contributed by atoms with Crippen molar-refractivity contribution >= 4 is 27.7 Å². The van der Waals surface area contributed by atoms with Gasteiger partial charge in [0.15, 0.2) is 0 Å². The summed E-state index contributed by atoms with van der Waals surface area (Å²) in [5.41, 5.74) is 0. The summed E-state index contributed by atoms with van der Waals surface area (Å²) in [5.74, 6) is 2.15. The van der Waals surface area contributed by atoms with Crippen molar-refractivity contribution < 1.29 is 4.74 Å². The number of halogens is 1. The first-order valence-electron chi connectivity index (χ1n) is 6.06. The van der Waals surface area contributed by atoms with E-state index in [1.54, 1.807) is 17.8 Å². The molecule has 3 nitrogen and oxygen atoms in total. The van der Waals surface area contributed by atoms with Gasteiger partial charge in [-0.3, -0.25) is 0 Å². The Morgan fingerprint density at radius 3 is 2.58 bits per heavy atom. The molecular weight excluding hydrogens is 324 g/mol. The predicted molar refractivity (Wildman–Crippen MR) is 82.0 cm³/mol. The molecule has 0 unspecified atom stereocenters. The standard InChI is InChI=1S/C14H15BrN2OS/c1-3-4-13-16-12(15)9-14(17-13)18-10-5-7-11(19-2)8-6-10/h5-9H,3-4H2,1-2H3. The van der Waals surface area contributed by atoms with E-state index >= 15 is 0 Å². The molecule has 0 fully saturated rings. The Morgan fingerprint density at radius 2 is 1.95 bits per heavy atom. The first-order chi connectivity index (χ1) is 9.21. The first-order valence-corrected chi connectivity index (χ1v) is 8.08. The minimum absolute atomic E-state index is 0.572. The van der Waals surface area contributed by atoms with Crippen LogP contribution in [0.25, 0.3) is 0 Å². The number of aryl methyl sites for hydroxylation is 1. The molecule has 0 amide bonds. The van der Waals surface area contributed by atoms with Crippen LogP contribution in [0.15, 0.2) is 39.8 Å². The quantitative estimate of drug-likeness (QED) is 0.584. The molecule has 0 aliphatic heterocycles. The van der Waals surface area contributed by atoms with E-state index in [9.17, 15) is 0 Å². The molecule has 1 aromatic carbocycles. The Bertz CT molecular complexity index is 546. The molecule has 2 rings (SSSR count). The second kappa shape index (κ2) is 6.91. The van der Waals surface area contributed by atoms with E-state index < -0.39 is 0 Å². The predicted octanol–water partition coefficient (Wildman–Crippen LogP) is 4.71. The van der Waals surface area contributed by atoms with Gasteiger partial charge in [-0.2, -0.15) is 4.98 Å². The van der Waals surface area contributed by atoms with Crippen LogP contribution < -0.4 is 4.74 Å². The van der Waals surface area contributed by atoms with E-state index in [0.29, 0.717) is 5.88 Å². The summed E-state index contributed by atoms with van der Waals surface area (Å²) < 4.78 is 6.51. The summed E-state index contributed by atoms with van der Waals surface area (Å²) >= 11 is 5.09. The van der Waals surface area contributed by atoms with Crippen molar-refractivity contribution in [3.05, 3.63) is 40.8 Å². The fraction of sp³-hybridized carbons (Fsp3) is 0.286. The maximum absolute atomic E-state index is 5.76. The van der Waals surface area contributed by atoms with Gasteiger partial charge < -0.3 is 4.74 Å². The van der Waals surface area contributed by atoms with Crippen LogP contribution >= 0.6 is 27.7 Å². The Morgan fingerprint density at radius 1 is 1.21 bits per heavy atom. The number of benzene rings is 1. The van der Waals surface area contributed by atoms with Crippen LogP contribution in [0, 0.1) is 0 Å². The molecule has 2 aromatic rings. The van der Waals surface area contributed by atoms with E-state index in [1.165, 1.54) is 4.90 Å². The lowest BCUT2D eigenvalue weighted by molar-refractivity contribution is 0.457. The third kappa shape index (κ3) is 4.21. The van der Waals surface area contributed by atoms with Crippen molar-refractivity contribution in [2.75, 3.05) is 6.26 Å². The fourth-order valence-corrected chi connectivity index (χ4v) is 2.40. The molecule has 0 aliphatic carbocycles. The van der Waals surface area contributed by atoms with Gasteiger partial charge in [0.25, 0.3) is 0 Å². The number of hydrogen-bond donors (Lipinski definition) is 0. The average molecular weight is 339 g/mol. The highest BCUT2D eigenvalue weighted by molar-refractivity contribution is 9.10. The Balaban J connectivity index is 2.17. The monoisotopic (exact) mass is 338 g/mol. The van der Waals surface area contributed by atoms with Crippen LogP contribution in [0.2, 0.25) is 0 Å². The summed E-state index contributed by atoms with van der Waals surface area (Å²) in [5, 5.41) is 0. The van der Waals surface area contributed by atoms with Crippen molar-refractivity contribution in [2.45, 2.75) is 24.7 Å². The van der Waals surface area contributed by atoms with E-state index in [1.807, 2.05) is 24.3 Å². The number of aromatic nitrogens is 2. The van der Waals surface area contributed by atoms with E-state index in [0.717, 1.165) is 29.0 Å². The SMILES string of the molecule is CCCc1nc(Br)cc(Oc2ccc(SC)cc2)n1. The molecule has 5 heteroatoms. The van der Waals surface area contributed by atoms with Gasteiger partial charge in [-0.15, -0.1) is 11.8 Å². The lowest BCUT2D eigenvalue weighted by Crippen LogP contribution is -1.97. The fourth-order valence-electron chi connectivity index (χ4n) is 1.59. The highest BCUT2D eigenvalue weighted by atomic mass is 79.9. The average Bonchev–Trinajstić information content (AvgIpc) is 2.39. The van der Waals surface area contributed by atoms with Gasteiger partial charge >= 0.3 is 0 Å². The topological polar surface area (TPSA) is 35.0 Å². The zero-order chi connectivity index (χ0) is 13.7. The van der Waals surface area contributed by atoms with Crippen LogP contribution in [0.4, 0.5) is 0 Å². The van der Waals surface area contributed by atoms with Crippen LogP contribution in [-0.2, 0) is 6.42 Å². The van der Waals surface area contributed by atoms with Crippen molar-refractivity contribution in [3.8, 4) is 11.6 Å². The molecule has 0 spiro atoms. The number of thioether (sulfide) groups is 1. The van der Waals surface area contributed by atoms with Gasteiger partial charge in [-0.25, -0.2) is 4.98 Å². The van der Waals surface area contributed by atoms with Gasteiger partial charge in [-0.05, 0) is 52.9 Å². The number of hydrogen-bond acceptors (Lipinski definition) is 4. The molecule has 0 atom stereocenters. The number of ether oxygens (including phenoxy) is 1. The Kier molecular flexibility index (Phi) is 5.22. The van der Waals surface area contributed by atoms with Crippen molar-refractivity contribution in [2.24, 2.45) is 0 Å². The molecule has 0 saturated heterocycles. The zero-order valence-corrected chi connectivity index (χ0v) is 13.3. The summed E-state index contributed by atoms with van der Waals surface area (Å²) in [6.07, 6.45) is 3.91. The molecular formula is C14H15BrN2OS. The van der Waals surface area contributed by atoms with Gasteiger partial charge in [0.2, 0.25) is 5.88 Å². The third-order valence-electron chi connectivity index (χ3n) is 2.47. The van der Waals surface area contributed by atoms with Gasteiger partial charge in [-0.1, -0.05) is 6.92 Å². The van der Waals surface area contributed by atoms with E-state index in [-0.39, 0.29) is 0 Å². The molecule has 0 radical (unpaired) electrons. The lowest BCUT2D eigenvalue weighted by Gasteiger charge is -2.07. The molecule has 0 N–H and O–H groups in total. The smallest absolute Gasteiger partial charge is 0.223 e. The lowest BCUT2D eigenvalue weighted by atomic mass is 10.3. The highest BCUT2D eigenvalue weighted by Gasteiger charge is 2.05. The normalized spacial score (nSPS) is 10.5. The van der Waals surface area contributed by atoms with Crippen LogP contribution in [-0.4, -0.2) is 16.2 Å². The van der Waals surface area contributed by atoms with Crippen molar-refractivity contribution in [3.63, 3.8) is 0 Å². The van der Waals surface area contributed by atoms with Crippen molar-refractivity contribution in [1.29, 1.82) is 0 Å². The van der Waals surface area contributed by atoms with Crippen molar-refractivity contribution in [1.82, 2.24) is 9.97 Å². The van der Waals surface area contributed by atoms with Crippen LogP contribution in [0.3, 0.4) is 0 Å². The molecule has 19 heavy (non-hydrogen) atoms. The molecule has 100 valence electrons. The summed E-state index contributed by atoms with van der Waals surface area (Å²) in [6, 6.07) is 9.73. The minimum Gasteiger partial charge on any atom is -0.439 e. The van der Waals surface area contributed by atoms with Crippen LogP contribution in [0.5, 0.6) is 11.6 Å². The second-order valence-electron chi connectivity index (χ2n) is 3.97. The molecule has 0 bridgehead atoms. The van der Waals surface area contributed by atoms with Gasteiger partial charge in [0, 0.05) is 17.4 Å². The minimum atomic E-state index is 0.572. The largest absolute Gasteiger partial charge is 0.439 e. The summed E-state index contributed by atoms with van der Waals surface area (Å²) in [4.78, 5) is 9.92. The zero-order valence-electron chi connectivity index (χ0n) is 10.9. The molecule has 1 heterocycles.